The number of hydrogen-bond donors (Lipinski definition) is 2. The highest BCUT2D eigenvalue weighted by Crippen LogP contribution is 2.18. The van der Waals surface area contributed by atoms with Crippen LogP contribution in [0.25, 0.3) is 10.9 Å². The molecule has 0 aliphatic heterocycles. The number of aromatic amines is 1. The molecule has 0 spiro atoms. The maximum absolute atomic E-state index is 12.1. The predicted molar refractivity (Wildman–Crippen MR) is 115 cm³/mol. The first kappa shape index (κ1) is 20.3. The quantitative estimate of drug-likeness (QED) is 0.403. The van der Waals surface area contributed by atoms with Gasteiger partial charge in [-0.05, 0) is 42.3 Å². The summed E-state index contributed by atoms with van der Waals surface area (Å²) in [5.41, 5.74) is 2.18. The summed E-state index contributed by atoms with van der Waals surface area (Å²) in [5, 5.41) is 3.89. The molecule has 2 heterocycles. The van der Waals surface area contributed by atoms with Gasteiger partial charge >= 0.3 is 5.97 Å². The van der Waals surface area contributed by atoms with Crippen molar-refractivity contribution < 1.29 is 23.5 Å². The Morgan fingerprint density at radius 1 is 0.968 bits per heavy atom. The van der Waals surface area contributed by atoms with Gasteiger partial charge in [0.25, 0.3) is 5.91 Å². The molecule has 4 aromatic rings. The van der Waals surface area contributed by atoms with Crippen LogP contribution < -0.4 is 10.1 Å². The Labute approximate surface area is 179 Å². The van der Waals surface area contributed by atoms with Gasteiger partial charge in [0, 0.05) is 23.6 Å². The number of fused-ring (bicyclic) bond motifs is 1. The lowest BCUT2D eigenvalue weighted by Crippen LogP contribution is -2.30. The molecule has 0 radical (unpaired) electrons. The lowest BCUT2D eigenvalue weighted by molar-refractivity contribution is -0.124. The molecule has 7 nitrogen and oxygen atoms in total. The third-order valence-corrected chi connectivity index (χ3v) is 4.71. The van der Waals surface area contributed by atoms with Crippen LogP contribution in [0.2, 0.25) is 0 Å². The van der Waals surface area contributed by atoms with E-state index in [0.717, 1.165) is 16.5 Å². The molecule has 31 heavy (non-hydrogen) atoms. The van der Waals surface area contributed by atoms with Crippen molar-refractivity contribution in [3.05, 3.63) is 90.0 Å². The van der Waals surface area contributed by atoms with Crippen LogP contribution in [0, 0.1) is 0 Å². The summed E-state index contributed by atoms with van der Waals surface area (Å²) in [5.74, 6) is 0.148. The second-order valence-corrected chi connectivity index (χ2v) is 6.90. The van der Waals surface area contributed by atoms with Crippen LogP contribution >= 0.6 is 0 Å². The van der Waals surface area contributed by atoms with E-state index in [1.54, 1.807) is 6.07 Å². The number of amides is 1. The van der Waals surface area contributed by atoms with Crippen molar-refractivity contribution in [1.82, 2.24) is 10.3 Å². The largest absolute Gasteiger partial charge is 0.486 e. The van der Waals surface area contributed by atoms with Gasteiger partial charge in [0.05, 0.1) is 0 Å². The molecule has 0 saturated heterocycles. The summed E-state index contributed by atoms with van der Waals surface area (Å²) in [6.45, 7) is 0.259. The highest BCUT2D eigenvalue weighted by atomic mass is 16.6. The van der Waals surface area contributed by atoms with Crippen LogP contribution in [0.15, 0.2) is 77.3 Å². The number of hydrogen-bond acceptors (Lipinski definition) is 5. The Balaban J connectivity index is 1.19. The Hall–Kier alpha value is -4.00. The molecule has 4 rings (SSSR count). The van der Waals surface area contributed by atoms with E-state index in [1.807, 2.05) is 60.8 Å². The van der Waals surface area contributed by atoms with E-state index >= 15 is 0 Å². The van der Waals surface area contributed by atoms with Gasteiger partial charge in [0.1, 0.15) is 18.1 Å². The van der Waals surface area contributed by atoms with Crippen LogP contribution in [0.1, 0.15) is 21.9 Å². The number of H-pyrrole nitrogens is 1. The van der Waals surface area contributed by atoms with Crippen molar-refractivity contribution in [1.29, 1.82) is 0 Å². The van der Waals surface area contributed by atoms with E-state index in [4.69, 9.17) is 13.9 Å². The SMILES string of the molecule is O=C(COC(=O)c1ccc(COc2ccccc2)o1)NCCc1c[nH]c2ccccc12. The van der Waals surface area contributed by atoms with Crippen molar-refractivity contribution in [3.8, 4) is 5.75 Å². The molecule has 2 N–H and O–H groups in total. The molecule has 0 aliphatic rings. The molecule has 1 amide bonds. The first-order valence-corrected chi connectivity index (χ1v) is 9.94. The van der Waals surface area contributed by atoms with E-state index < -0.39 is 5.97 Å². The zero-order valence-electron chi connectivity index (χ0n) is 16.8. The second kappa shape index (κ2) is 9.67. The van der Waals surface area contributed by atoms with Gasteiger partial charge in [-0.15, -0.1) is 0 Å². The van der Waals surface area contributed by atoms with Crippen LogP contribution in [0.3, 0.4) is 0 Å². The number of para-hydroxylation sites is 2. The summed E-state index contributed by atoms with van der Waals surface area (Å²) >= 11 is 0. The molecular weight excluding hydrogens is 396 g/mol. The molecule has 0 aliphatic carbocycles. The average Bonchev–Trinajstić information content (AvgIpc) is 3.44. The monoisotopic (exact) mass is 418 g/mol. The lowest BCUT2D eigenvalue weighted by atomic mass is 10.1. The fraction of sp³-hybridized carbons (Fsp3) is 0.167. The standard InChI is InChI=1S/C24H22N2O5/c27-23(25-13-12-17-14-26-21-9-5-4-8-20(17)21)16-30-24(28)22-11-10-19(31-22)15-29-18-6-2-1-3-7-18/h1-11,14,26H,12-13,15-16H2,(H,25,27). The first-order chi connectivity index (χ1) is 15.2. The minimum absolute atomic E-state index is 0.0262. The fourth-order valence-corrected chi connectivity index (χ4v) is 3.16. The molecule has 7 heteroatoms. The maximum Gasteiger partial charge on any atom is 0.374 e. The van der Waals surface area contributed by atoms with Gasteiger partial charge in [0.2, 0.25) is 5.76 Å². The topological polar surface area (TPSA) is 93.6 Å². The number of nitrogens with one attached hydrogen (secondary N) is 2. The smallest absolute Gasteiger partial charge is 0.374 e. The zero-order valence-corrected chi connectivity index (χ0v) is 16.8. The number of carbonyl (C=O) groups excluding carboxylic acids is 2. The molecule has 158 valence electrons. The molecule has 0 bridgehead atoms. The van der Waals surface area contributed by atoms with Gasteiger partial charge in [-0.3, -0.25) is 4.79 Å². The van der Waals surface area contributed by atoms with Gasteiger partial charge in [0.15, 0.2) is 6.61 Å². The highest BCUT2D eigenvalue weighted by Gasteiger charge is 2.15. The van der Waals surface area contributed by atoms with Crippen molar-refractivity contribution in [2.24, 2.45) is 0 Å². The summed E-state index contributed by atoms with van der Waals surface area (Å²) in [4.78, 5) is 27.3. The van der Waals surface area contributed by atoms with Gasteiger partial charge < -0.3 is 24.2 Å². The Morgan fingerprint density at radius 2 is 1.77 bits per heavy atom. The van der Waals surface area contributed by atoms with E-state index in [9.17, 15) is 9.59 Å². The predicted octanol–water partition coefficient (Wildman–Crippen LogP) is 3.86. The normalized spacial score (nSPS) is 10.7. The molecule has 0 fully saturated rings. The summed E-state index contributed by atoms with van der Waals surface area (Å²) in [6, 6.07) is 20.4. The molecule has 0 atom stereocenters. The Morgan fingerprint density at radius 3 is 2.65 bits per heavy atom. The third kappa shape index (κ3) is 5.33. The van der Waals surface area contributed by atoms with E-state index in [1.165, 1.54) is 6.07 Å². The van der Waals surface area contributed by atoms with Crippen molar-refractivity contribution >= 4 is 22.8 Å². The average molecular weight is 418 g/mol. The summed E-state index contributed by atoms with van der Waals surface area (Å²) in [7, 11) is 0. The Kier molecular flexibility index (Phi) is 6.32. The number of esters is 1. The number of ether oxygens (including phenoxy) is 2. The van der Waals surface area contributed by atoms with Crippen LogP contribution in [0.5, 0.6) is 5.75 Å². The minimum Gasteiger partial charge on any atom is -0.486 e. The van der Waals surface area contributed by atoms with E-state index in [-0.39, 0.29) is 24.9 Å². The summed E-state index contributed by atoms with van der Waals surface area (Å²) in [6.07, 6.45) is 2.61. The fourth-order valence-electron chi connectivity index (χ4n) is 3.16. The number of aromatic nitrogens is 1. The van der Waals surface area contributed by atoms with Gasteiger partial charge in [-0.1, -0.05) is 36.4 Å². The minimum atomic E-state index is -0.697. The van der Waals surface area contributed by atoms with Crippen LogP contribution in [-0.4, -0.2) is 30.0 Å². The maximum atomic E-state index is 12.1. The number of carbonyl (C=O) groups is 2. The highest BCUT2D eigenvalue weighted by molar-refractivity contribution is 5.89. The Bertz CT molecular complexity index is 1160. The van der Waals surface area contributed by atoms with E-state index in [0.29, 0.717) is 24.5 Å². The molecular formula is C24H22N2O5. The molecule has 0 unspecified atom stereocenters. The molecule has 2 aromatic heterocycles. The number of benzene rings is 2. The first-order valence-electron chi connectivity index (χ1n) is 9.94. The molecule has 0 saturated carbocycles. The number of furan rings is 1. The van der Waals surface area contributed by atoms with Gasteiger partial charge in [-0.2, -0.15) is 0 Å². The third-order valence-electron chi connectivity index (χ3n) is 4.71. The van der Waals surface area contributed by atoms with Crippen LogP contribution in [-0.2, 0) is 22.6 Å². The lowest BCUT2D eigenvalue weighted by Gasteiger charge is -2.06. The van der Waals surface area contributed by atoms with Gasteiger partial charge in [-0.25, -0.2) is 4.79 Å². The summed E-state index contributed by atoms with van der Waals surface area (Å²) < 4.78 is 16.0. The number of rotatable bonds is 9. The van der Waals surface area contributed by atoms with Crippen molar-refractivity contribution in [2.75, 3.05) is 13.2 Å². The van der Waals surface area contributed by atoms with Crippen molar-refractivity contribution in [2.45, 2.75) is 13.0 Å². The van der Waals surface area contributed by atoms with Crippen molar-refractivity contribution in [3.63, 3.8) is 0 Å². The van der Waals surface area contributed by atoms with E-state index in [2.05, 4.69) is 10.3 Å². The molecule has 2 aromatic carbocycles. The van der Waals surface area contributed by atoms with Crippen LogP contribution in [0.4, 0.5) is 0 Å². The zero-order chi connectivity index (χ0) is 21.5. The second-order valence-electron chi connectivity index (χ2n) is 6.90.